The minimum atomic E-state index is -1.60. The number of halogens is 1. The lowest BCUT2D eigenvalue weighted by Crippen LogP contribution is -2.35. The number of likely N-dealkylation sites (tertiary alicyclic amines) is 1. The Morgan fingerprint density at radius 3 is 2.41 bits per heavy atom. The van der Waals surface area contributed by atoms with Gasteiger partial charge in [0.1, 0.15) is 5.82 Å². The van der Waals surface area contributed by atoms with Gasteiger partial charge in [-0.3, -0.25) is 9.59 Å². The molecule has 2 heterocycles. The van der Waals surface area contributed by atoms with Crippen molar-refractivity contribution in [1.29, 1.82) is 0 Å². The maximum absolute atomic E-state index is 13.7. The lowest BCUT2D eigenvalue weighted by atomic mass is 10.1. The average molecular weight is 520 g/mol. The fourth-order valence-corrected chi connectivity index (χ4v) is 6.27. The maximum Gasteiger partial charge on any atom is 0.259 e. The van der Waals surface area contributed by atoms with Gasteiger partial charge in [-0.15, -0.1) is 0 Å². The molecular weight excluding hydrogens is 489 g/mol. The number of anilines is 1. The number of fused-ring (bicyclic) bond motifs is 2. The first kappa shape index (κ1) is 25.3. The Kier molecular flexibility index (Phi) is 7.76. The minimum absolute atomic E-state index is 0.150. The SMILES string of the molecule is O=C(NCCN1CCCCCC1)c1ccc2c(c1)N(Cc1ccc(F)cc1)C(=O)c1ccccc1[S@@]2=O. The molecule has 3 aromatic rings. The summed E-state index contributed by atoms with van der Waals surface area (Å²) in [6.45, 7) is 3.59. The number of hydrogen-bond donors (Lipinski definition) is 1. The van der Waals surface area contributed by atoms with E-state index >= 15 is 0 Å². The third-order valence-corrected chi connectivity index (χ3v) is 8.44. The van der Waals surface area contributed by atoms with Gasteiger partial charge >= 0.3 is 0 Å². The van der Waals surface area contributed by atoms with Crippen LogP contribution in [0.2, 0.25) is 0 Å². The summed E-state index contributed by atoms with van der Waals surface area (Å²) in [6.07, 6.45) is 4.90. The van der Waals surface area contributed by atoms with E-state index in [1.165, 1.54) is 42.7 Å². The summed E-state index contributed by atoms with van der Waals surface area (Å²) >= 11 is 0. The molecule has 2 aliphatic rings. The third kappa shape index (κ3) is 5.65. The van der Waals surface area contributed by atoms with Crippen LogP contribution in [-0.2, 0) is 17.3 Å². The highest BCUT2D eigenvalue weighted by Gasteiger charge is 2.31. The van der Waals surface area contributed by atoms with E-state index in [4.69, 9.17) is 0 Å². The molecule has 1 N–H and O–H groups in total. The molecule has 1 saturated heterocycles. The summed E-state index contributed by atoms with van der Waals surface area (Å²) in [4.78, 5) is 31.5. The second-order valence-electron chi connectivity index (χ2n) is 9.48. The molecular formula is C29H30FN3O3S. The van der Waals surface area contributed by atoms with Crippen molar-refractivity contribution in [3.63, 3.8) is 0 Å². The summed E-state index contributed by atoms with van der Waals surface area (Å²) in [5.74, 6) is -0.915. The van der Waals surface area contributed by atoms with Crippen LogP contribution >= 0.6 is 0 Å². The Morgan fingerprint density at radius 1 is 0.919 bits per heavy atom. The van der Waals surface area contributed by atoms with E-state index in [0.717, 1.165) is 25.2 Å². The molecule has 0 saturated carbocycles. The topological polar surface area (TPSA) is 69.7 Å². The van der Waals surface area contributed by atoms with E-state index in [-0.39, 0.29) is 24.2 Å². The van der Waals surface area contributed by atoms with E-state index in [9.17, 15) is 18.2 Å². The molecule has 2 aliphatic heterocycles. The predicted molar refractivity (Wildman–Crippen MR) is 142 cm³/mol. The Labute approximate surface area is 218 Å². The Balaban J connectivity index is 1.43. The molecule has 1 fully saturated rings. The smallest absolute Gasteiger partial charge is 0.259 e. The molecule has 37 heavy (non-hydrogen) atoms. The first-order chi connectivity index (χ1) is 18.0. The molecule has 1 atom stereocenters. The predicted octanol–water partition coefficient (Wildman–Crippen LogP) is 4.76. The molecule has 0 aromatic heterocycles. The van der Waals surface area contributed by atoms with Crippen molar-refractivity contribution in [3.05, 3.63) is 89.2 Å². The minimum Gasteiger partial charge on any atom is -0.351 e. The number of rotatable bonds is 6. The van der Waals surface area contributed by atoms with Crippen molar-refractivity contribution in [3.8, 4) is 0 Å². The summed E-state index contributed by atoms with van der Waals surface area (Å²) in [6, 6.07) is 17.8. The summed E-state index contributed by atoms with van der Waals surface area (Å²) in [7, 11) is -1.60. The van der Waals surface area contributed by atoms with Gasteiger partial charge in [-0.05, 0) is 74.0 Å². The van der Waals surface area contributed by atoms with Crippen molar-refractivity contribution >= 4 is 28.3 Å². The second kappa shape index (κ2) is 11.4. The largest absolute Gasteiger partial charge is 0.351 e. The number of carbonyl (C=O) groups is 2. The Hall–Kier alpha value is -3.36. The molecule has 0 unspecified atom stereocenters. The molecule has 2 amide bonds. The van der Waals surface area contributed by atoms with Gasteiger partial charge in [0.25, 0.3) is 11.8 Å². The van der Waals surface area contributed by atoms with Crippen LogP contribution < -0.4 is 10.2 Å². The van der Waals surface area contributed by atoms with Crippen LogP contribution in [0.1, 0.15) is 52.0 Å². The normalized spacial score (nSPS) is 17.9. The molecule has 5 rings (SSSR count). The lowest BCUT2D eigenvalue weighted by Gasteiger charge is -2.24. The molecule has 0 spiro atoms. The number of benzene rings is 3. The first-order valence-corrected chi connectivity index (χ1v) is 13.9. The fraction of sp³-hybridized carbons (Fsp3) is 0.310. The zero-order valence-electron chi connectivity index (χ0n) is 20.6. The van der Waals surface area contributed by atoms with Crippen molar-refractivity contribution < 1.29 is 18.2 Å². The molecule has 0 aliphatic carbocycles. The van der Waals surface area contributed by atoms with Gasteiger partial charge < -0.3 is 15.1 Å². The number of nitrogens with one attached hydrogen (secondary N) is 1. The van der Waals surface area contributed by atoms with Gasteiger partial charge in [0.05, 0.1) is 38.4 Å². The number of nitrogens with zero attached hydrogens (tertiary/aromatic N) is 2. The molecule has 8 heteroatoms. The fourth-order valence-electron chi connectivity index (χ4n) is 4.92. The van der Waals surface area contributed by atoms with Gasteiger partial charge in [-0.1, -0.05) is 37.1 Å². The molecule has 0 radical (unpaired) electrons. The average Bonchev–Trinajstić information content (AvgIpc) is 3.24. The highest BCUT2D eigenvalue weighted by molar-refractivity contribution is 7.85. The van der Waals surface area contributed by atoms with E-state index < -0.39 is 10.8 Å². The van der Waals surface area contributed by atoms with Crippen LogP contribution in [0.3, 0.4) is 0 Å². The molecule has 6 nitrogen and oxygen atoms in total. The first-order valence-electron chi connectivity index (χ1n) is 12.7. The summed E-state index contributed by atoms with van der Waals surface area (Å²) < 4.78 is 27.1. The van der Waals surface area contributed by atoms with Crippen molar-refractivity contribution in [1.82, 2.24) is 10.2 Å². The van der Waals surface area contributed by atoms with Gasteiger partial charge in [-0.25, -0.2) is 8.60 Å². The van der Waals surface area contributed by atoms with Gasteiger partial charge in [-0.2, -0.15) is 0 Å². The maximum atomic E-state index is 13.7. The van der Waals surface area contributed by atoms with E-state index in [1.54, 1.807) is 54.6 Å². The third-order valence-electron chi connectivity index (χ3n) is 6.94. The van der Waals surface area contributed by atoms with E-state index in [2.05, 4.69) is 10.2 Å². The zero-order chi connectivity index (χ0) is 25.8. The van der Waals surface area contributed by atoms with Crippen molar-refractivity contribution in [2.45, 2.75) is 42.0 Å². The van der Waals surface area contributed by atoms with Crippen molar-refractivity contribution in [2.75, 3.05) is 31.1 Å². The lowest BCUT2D eigenvalue weighted by molar-refractivity contribution is 0.0945. The highest BCUT2D eigenvalue weighted by atomic mass is 32.2. The van der Waals surface area contributed by atoms with Gasteiger partial charge in [0, 0.05) is 18.7 Å². The number of hydrogen-bond acceptors (Lipinski definition) is 4. The quantitative estimate of drug-likeness (QED) is 0.510. The molecule has 3 aromatic carbocycles. The summed E-state index contributed by atoms with van der Waals surface area (Å²) in [5.41, 5.74) is 1.89. The van der Waals surface area contributed by atoms with E-state index in [0.29, 0.717) is 33.2 Å². The molecule has 192 valence electrons. The van der Waals surface area contributed by atoms with Gasteiger partial charge in [0.2, 0.25) is 0 Å². The van der Waals surface area contributed by atoms with Crippen molar-refractivity contribution in [2.24, 2.45) is 0 Å². The second-order valence-corrected chi connectivity index (χ2v) is 10.9. The number of carbonyl (C=O) groups excluding carboxylic acids is 2. The molecule has 0 bridgehead atoms. The monoisotopic (exact) mass is 519 g/mol. The van der Waals surface area contributed by atoms with Crippen LogP contribution in [0.4, 0.5) is 10.1 Å². The highest BCUT2D eigenvalue weighted by Crippen LogP contribution is 2.36. The van der Waals surface area contributed by atoms with Crippen LogP contribution in [-0.4, -0.2) is 47.1 Å². The van der Waals surface area contributed by atoms with Crippen LogP contribution in [0.25, 0.3) is 0 Å². The van der Waals surface area contributed by atoms with Crippen LogP contribution in [0.5, 0.6) is 0 Å². The number of amides is 2. The standard InChI is InChI=1S/C29H30FN3O3S/c30-23-12-9-21(10-13-23)20-33-25-19-22(28(34)31-15-18-32-16-5-1-2-6-17-32)11-14-27(25)37(36)26-8-4-3-7-24(26)29(33)35/h3-4,7-14,19H,1-2,5-6,15-18,20H2,(H,31,34)/t37-/m0/s1. The van der Waals surface area contributed by atoms with Gasteiger partial charge in [0.15, 0.2) is 0 Å². The van der Waals surface area contributed by atoms with Crippen LogP contribution in [0.15, 0.2) is 76.5 Å². The summed E-state index contributed by atoms with van der Waals surface area (Å²) in [5, 5.41) is 3.00. The van der Waals surface area contributed by atoms with E-state index in [1.807, 2.05) is 0 Å². The van der Waals surface area contributed by atoms with Crippen LogP contribution in [0, 0.1) is 5.82 Å². The zero-order valence-corrected chi connectivity index (χ0v) is 21.4. The Bertz CT molecular complexity index is 1320. The Morgan fingerprint density at radius 2 is 1.65 bits per heavy atom.